The van der Waals surface area contributed by atoms with Crippen molar-refractivity contribution in [2.75, 3.05) is 19.7 Å². The number of ether oxygens (including phenoxy) is 2. The molecule has 1 fully saturated rings. The minimum absolute atomic E-state index is 0.430. The third-order valence-electron chi connectivity index (χ3n) is 1.78. The summed E-state index contributed by atoms with van der Waals surface area (Å²) in [5, 5.41) is 3.18. The molecule has 1 N–H and O–H groups in total. The predicted molar refractivity (Wildman–Crippen MR) is 43.6 cm³/mol. The van der Waals surface area contributed by atoms with Crippen LogP contribution in [-0.4, -0.2) is 25.9 Å². The number of carbonyl (C=O) groups excluding carboxylic acids is 1. The van der Waals surface area contributed by atoms with Gasteiger partial charge in [-0.3, -0.25) is 0 Å². The van der Waals surface area contributed by atoms with Gasteiger partial charge in [0.1, 0.15) is 0 Å². The molecule has 0 aromatic carbocycles. The zero-order valence-electron chi connectivity index (χ0n) is 6.91. The minimum Gasteiger partial charge on any atom is -0.434 e. The molecule has 0 saturated carbocycles. The lowest BCUT2D eigenvalue weighted by Gasteiger charge is -2.07. The highest BCUT2D eigenvalue weighted by Gasteiger charge is 2.16. The number of carbonyl (C=O) groups is 1. The van der Waals surface area contributed by atoms with E-state index < -0.39 is 6.16 Å². The maximum Gasteiger partial charge on any atom is 0.513 e. The second kappa shape index (κ2) is 4.77. The number of rotatable bonds is 3. The van der Waals surface area contributed by atoms with E-state index in [1.807, 2.05) is 0 Å². The van der Waals surface area contributed by atoms with E-state index in [0.717, 1.165) is 25.8 Å². The Balaban J connectivity index is 2.07. The van der Waals surface area contributed by atoms with Crippen LogP contribution in [-0.2, 0) is 9.47 Å². The molecule has 0 bridgehead atoms. The minimum atomic E-state index is -0.670. The topological polar surface area (TPSA) is 47.6 Å². The van der Waals surface area contributed by atoms with Crippen LogP contribution in [0.4, 0.5) is 4.79 Å². The Kier molecular flexibility index (Phi) is 3.60. The highest BCUT2D eigenvalue weighted by atomic mass is 16.7. The van der Waals surface area contributed by atoms with Crippen molar-refractivity contribution in [2.24, 2.45) is 5.92 Å². The maximum atomic E-state index is 10.7. The fourth-order valence-electron chi connectivity index (χ4n) is 1.14. The summed E-state index contributed by atoms with van der Waals surface area (Å²) in [5.74, 6) is 0.433. The zero-order valence-corrected chi connectivity index (χ0v) is 6.91. The van der Waals surface area contributed by atoms with E-state index in [9.17, 15) is 4.79 Å². The Morgan fingerprint density at radius 2 is 2.58 bits per heavy atom. The lowest BCUT2D eigenvalue weighted by molar-refractivity contribution is 0.0734. The maximum absolute atomic E-state index is 10.7. The van der Waals surface area contributed by atoms with Crippen molar-refractivity contribution in [2.45, 2.75) is 6.42 Å². The summed E-state index contributed by atoms with van der Waals surface area (Å²) in [6.45, 7) is 5.60. The van der Waals surface area contributed by atoms with Crippen LogP contribution in [0.25, 0.3) is 0 Å². The summed E-state index contributed by atoms with van der Waals surface area (Å²) in [5.41, 5.74) is 0. The number of hydrogen-bond acceptors (Lipinski definition) is 4. The van der Waals surface area contributed by atoms with Gasteiger partial charge in [-0.2, -0.15) is 0 Å². The lowest BCUT2D eigenvalue weighted by atomic mass is 10.1. The second-order valence-electron chi connectivity index (χ2n) is 2.70. The standard InChI is InChI=1S/C8H13NO3/c1-2-11-8(10)12-6-7-3-4-9-5-7/h2,7,9H,1,3-6H2. The normalized spacial score (nSPS) is 21.8. The first-order chi connectivity index (χ1) is 5.83. The molecule has 1 saturated heterocycles. The van der Waals surface area contributed by atoms with Gasteiger partial charge in [-0.1, -0.05) is 6.58 Å². The Labute approximate surface area is 71.5 Å². The Hall–Kier alpha value is -1.03. The summed E-state index contributed by atoms with van der Waals surface area (Å²) < 4.78 is 9.18. The van der Waals surface area contributed by atoms with Gasteiger partial charge >= 0.3 is 6.16 Å². The van der Waals surface area contributed by atoms with E-state index in [0.29, 0.717) is 12.5 Å². The Bertz CT molecular complexity index is 164. The third kappa shape index (κ3) is 2.92. The van der Waals surface area contributed by atoms with Crippen molar-refractivity contribution in [1.82, 2.24) is 5.32 Å². The van der Waals surface area contributed by atoms with Crippen LogP contribution < -0.4 is 5.32 Å². The van der Waals surface area contributed by atoms with Crippen molar-refractivity contribution >= 4 is 6.16 Å². The van der Waals surface area contributed by atoms with Crippen LogP contribution in [0.15, 0.2) is 12.8 Å². The van der Waals surface area contributed by atoms with E-state index in [-0.39, 0.29) is 0 Å². The molecule has 0 aromatic rings. The molecule has 4 heteroatoms. The molecule has 1 aliphatic heterocycles. The van der Waals surface area contributed by atoms with Gasteiger partial charge in [0.15, 0.2) is 0 Å². The summed E-state index contributed by atoms with van der Waals surface area (Å²) in [7, 11) is 0. The number of hydrogen-bond donors (Lipinski definition) is 1. The Morgan fingerprint density at radius 1 is 1.75 bits per heavy atom. The molecule has 68 valence electrons. The molecule has 1 atom stereocenters. The molecular weight excluding hydrogens is 158 g/mol. The molecule has 1 rings (SSSR count). The van der Waals surface area contributed by atoms with Crippen molar-refractivity contribution in [3.8, 4) is 0 Å². The monoisotopic (exact) mass is 171 g/mol. The third-order valence-corrected chi connectivity index (χ3v) is 1.78. The molecular formula is C8H13NO3. The first kappa shape index (κ1) is 9.06. The van der Waals surface area contributed by atoms with Crippen molar-refractivity contribution in [3.05, 3.63) is 12.8 Å². The van der Waals surface area contributed by atoms with Crippen LogP contribution in [0.5, 0.6) is 0 Å². The summed E-state index contributed by atoms with van der Waals surface area (Å²) in [4.78, 5) is 10.7. The SMILES string of the molecule is C=COC(=O)OCC1CCNC1. The fraction of sp³-hybridized carbons (Fsp3) is 0.625. The van der Waals surface area contributed by atoms with Gasteiger partial charge in [0, 0.05) is 12.5 Å². The Morgan fingerprint density at radius 3 is 3.17 bits per heavy atom. The molecule has 0 aromatic heterocycles. The largest absolute Gasteiger partial charge is 0.513 e. The molecule has 0 spiro atoms. The van der Waals surface area contributed by atoms with E-state index in [1.54, 1.807) is 0 Å². The van der Waals surface area contributed by atoms with Gasteiger partial charge in [-0.05, 0) is 13.0 Å². The van der Waals surface area contributed by atoms with Crippen LogP contribution in [0, 0.1) is 5.92 Å². The number of nitrogens with one attached hydrogen (secondary N) is 1. The average molecular weight is 171 g/mol. The van der Waals surface area contributed by atoms with E-state index in [2.05, 4.69) is 16.6 Å². The molecule has 1 unspecified atom stereocenters. The molecule has 0 aliphatic carbocycles. The van der Waals surface area contributed by atoms with Gasteiger partial charge < -0.3 is 14.8 Å². The van der Waals surface area contributed by atoms with Gasteiger partial charge in [-0.15, -0.1) is 0 Å². The zero-order chi connectivity index (χ0) is 8.81. The van der Waals surface area contributed by atoms with Gasteiger partial charge in [0.05, 0.1) is 12.9 Å². The summed E-state index contributed by atoms with van der Waals surface area (Å²) >= 11 is 0. The molecule has 4 nitrogen and oxygen atoms in total. The van der Waals surface area contributed by atoms with Gasteiger partial charge in [-0.25, -0.2) is 4.79 Å². The van der Waals surface area contributed by atoms with E-state index in [1.165, 1.54) is 0 Å². The molecule has 1 heterocycles. The van der Waals surface area contributed by atoms with E-state index in [4.69, 9.17) is 4.74 Å². The van der Waals surface area contributed by atoms with Gasteiger partial charge in [0.2, 0.25) is 0 Å². The van der Waals surface area contributed by atoms with Crippen LogP contribution >= 0.6 is 0 Å². The average Bonchev–Trinajstić information content (AvgIpc) is 2.53. The molecule has 12 heavy (non-hydrogen) atoms. The quantitative estimate of drug-likeness (QED) is 0.506. The second-order valence-corrected chi connectivity index (χ2v) is 2.70. The summed E-state index contributed by atoms with van der Waals surface area (Å²) in [6, 6.07) is 0. The lowest BCUT2D eigenvalue weighted by Crippen LogP contribution is -2.16. The van der Waals surface area contributed by atoms with E-state index >= 15 is 0 Å². The first-order valence-electron chi connectivity index (χ1n) is 3.98. The predicted octanol–water partition coefficient (Wildman–Crippen LogP) is 0.893. The van der Waals surface area contributed by atoms with Crippen molar-refractivity contribution < 1.29 is 14.3 Å². The smallest absolute Gasteiger partial charge is 0.434 e. The summed E-state index contributed by atoms with van der Waals surface area (Å²) in [6.07, 6.45) is 1.45. The fourth-order valence-corrected chi connectivity index (χ4v) is 1.14. The highest BCUT2D eigenvalue weighted by Crippen LogP contribution is 2.07. The van der Waals surface area contributed by atoms with Crippen LogP contribution in [0.1, 0.15) is 6.42 Å². The first-order valence-corrected chi connectivity index (χ1v) is 3.98. The van der Waals surface area contributed by atoms with Crippen LogP contribution in [0.3, 0.4) is 0 Å². The van der Waals surface area contributed by atoms with Crippen molar-refractivity contribution in [3.63, 3.8) is 0 Å². The highest BCUT2D eigenvalue weighted by molar-refractivity contribution is 5.60. The molecule has 0 radical (unpaired) electrons. The van der Waals surface area contributed by atoms with Crippen LogP contribution in [0.2, 0.25) is 0 Å². The molecule has 1 aliphatic rings. The van der Waals surface area contributed by atoms with Gasteiger partial charge in [0.25, 0.3) is 0 Å². The van der Waals surface area contributed by atoms with Crippen molar-refractivity contribution in [1.29, 1.82) is 0 Å². The molecule has 0 amide bonds.